The number of benzene rings is 1. The van der Waals surface area contributed by atoms with Crippen LogP contribution >= 0.6 is 11.6 Å². The topological polar surface area (TPSA) is 111 Å². The van der Waals surface area contributed by atoms with Crippen LogP contribution in [0, 0.1) is 5.41 Å². The molecule has 174 valence electrons. The van der Waals surface area contributed by atoms with Gasteiger partial charge in [-0.1, -0.05) is 30.8 Å². The SMILES string of the molecule is C=C/C=C(/NC(=O)C1(S(=O)(=O)c2ccc(OC)c(Cl)c2)CCC2(CCNCC2)C1)C(=C)N. The average Bonchev–Trinajstić information content (AvgIpc) is 3.14. The van der Waals surface area contributed by atoms with E-state index < -0.39 is 20.5 Å². The largest absolute Gasteiger partial charge is 0.495 e. The summed E-state index contributed by atoms with van der Waals surface area (Å²) in [4.78, 5) is 13.7. The lowest BCUT2D eigenvalue weighted by atomic mass is 9.77. The number of carbonyl (C=O) groups is 1. The Labute approximate surface area is 194 Å². The van der Waals surface area contributed by atoms with Crippen molar-refractivity contribution in [2.75, 3.05) is 20.2 Å². The van der Waals surface area contributed by atoms with Crippen molar-refractivity contribution in [3.05, 3.63) is 59.9 Å². The highest BCUT2D eigenvalue weighted by Gasteiger charge is 2.60. The summed E-state index contributed by atoms with van der Waals surface area (Å²) < 4.78 is 31.5. The van der Waals surface area contributed by atoms with Gasteiger partial charge in [0.25, 0.3) is 0 Å². The maximum atomic E-state index is 14.0. The number of methoxy groups -OCH3 is 1. The number of rotatable bonds is 7. The molecule has 4 N–H and O–H groups in total. The summed E-state index contributed by atoms with van der Waals surface area (Å²) >= 11 is 6.23. The van der Waals surface area contributed by atoms with Gasteiger partial charge in [-0.2, -0.15) is 0 Å². The first-order valence-electron chi connectivity index (χ1n) is 10.5. The van der Waals surface area contributed by atoms with Crippen LogP contribution in [0.25, 0.3) is 0 Å². The van der Waals surface area contributed by atoms with Gasteiger partial charge in [0.05, 0.1) is 22.7 Å². The van der Waals surface area contributed by atoms with Crippen LogP contribution < -0.4 is 21.1 Å². The number of nitrogens with one attached hydrogen (secondary N) is 2. The van der Waals surface area contributed by atoms with E-state index in [0.29, 0.717) is 12.2 Å². The molecule has 1 aliphatic heterocycles. The van der Waals surface area contributed by atoms with Gasteiger partial charge in [0, 0.05) is 5.70 Å². The Morgan fingerprint density at radius 2 is 1.97 bits per heavy atom. The van der Waals surface area contributed by atoms with Gasteiger partial charge in [-0.05, 0) is 74.9 Å². The molecule has 1 amide bonds. The van der Waals surface area contributed by atoms with Crippen molar-refractivity contribution in [2.45, 2.75) is 41.7 Å². The van der Waals surface area contributed by atoms with E-state index in [1.807, 2.05) is 0 Å². The van der Waals surface area contributed by atoms with Gasteiger partial charge in [0.1, 0.15) is 5.75 Å². The normalized spacial score (nSPS) is 23.0. The van der Waals surface area contributed by atoms with Crippen LogP contribution in [0.4, 0.5) is 0 Å². The number of hydrogen-bond acceptors (Lipinski definition) is 6. The van der Waals surface area contributed by atoms with Gasteiger partial charge in [-0.25, -0.2) is 8.42 Å². The molecule has 0 aromatic heterocycles. The number of allylic oxidation sites excluding steroid dienone is 2. The molecule has 1 atom stereocenters. The minimum absolute atomic E-state index is 0.00902. The first-order chi connectivity index (χ1) is 15.1. The molecule has 1 aromatic carbocycles. The summed E-state index contributed by atoms with van der Waals surface area (Å²) in [5, 5.41) is 6.19. The van der Waals surface area contributed by atoms with E-state index in [2.05, 4.69) is 23.8 Å². The molecule has 0 radical (unpaired) electrons. The zero-order chi connectivity index (χ0) is 23.6. The summed E-state index contributed by atoms with van der Waals surface area (Å²) in [5.74, 6) is -0.249. The maximum Gasteiger partial charge on any atom is 0.246 e. The number of carbonyl (C=O) groups excluding carboxylic acids is 1. The lowest BCUT2D eigenvalue weighted by molar-refractivity contribution is -0.123. The van der Waals surface area contributed by atoms with Crippen molar-refractivity contribution in [1.29, 1.82) is 0 Å². The first kappa shape index (κ1) is 24.4. The molecule has 7 nitrogen and oxygen atoms in total. The van der Waals surface area contributed by atoms with Crippen LogP contribution in [-0.2, 0) is 14.6 Å². The van der Waals surface area contributed by atoms with E-state index in [-0.39, 0.29) is 39.6 Å². The number of amides is 1. The van der Waals surface area contributed by atoms with Crippen LogP contribution in [-0.4, -0.2) is 39.3 Å². The molecule has 1 unspecified atom stereocenters. The van der Waals surface area contributed by atoms with Gasteiger partial charge in [-0.3, -0.25) is 4.79 Å². The number of hydrogen-bond donors (Lipinski definition) is 3. The van der Waals surface area contributed by atoms with E-state index in [0.717, 1.165) is 25.9 Å². The molecule has 32 heavy (non-hydrogen) atoms. The molecule has 2 aliphatic rings. The second-order valence-corrected chi connectivity index (χ2v) is 11.2. The highest BCUT2D eigenvalue weighted by Crippen LogP contribution is 2.54. The Balaban J connectivity index is 2.09. The molecule has 9 heteroatoms. The third-order valence-electron chi connectivity index (χ3n) is 6.62. The van der Waals surface area contributed by atoms with Crippen LogP contribution in [0.2, 0.25) is 5.02 Å². The molecule has 3 rings (SSSR count). The maximum absolute atomic E-state index is 14.0. The minimum Gasteiger partial charge on any atom is -0.495 e. The standard InChI is InChI=1S/C23H30ClN3O4S/c1-4-5-19(16(2)25)27-21(28)23(9-8-22(15-23)10-12-26-13-11-22)32(29,30)17-6-7-20(31-3)18(24)14-17/h4-7,14,26H,1-2,8-13,15,25H2,3H3,(H,27,28)/b19-5+. The fraction of sp³-hybridized carbons (Fsp3) is 0.435. The second-order valence-electron chi connectivity index (χ2n) is 8.52. The Bertz CT molecular complexity index is 1060. The summed E-state index contributed by atoms with van der Waals surface area (Å²) in [7, 11) is -2.65. The Kier molecular flexibility index (Phi) is 7.07. The predicted octanol–water partition coefficient (Wildman–Crippen LogP) is 3.07. The van der Waals surface area contributed by atoms with Crippen molar-refractivity contribution in [3.63, 3.8) is 0 Å². The highest BCUT2D eigenvalue weighted by atomic mass is 35.5. The first-order valence-corrected chi connectivity index (χ1v) is 12.3. The van der Waals surface area contributed by atoms with Crippen molar-refractivity contribution >= 4 is 27.3 Å². The van der Waals surface area contributed by atoms with Crippen LogP contribution in [0.3, 0.4) is 0 Å². The predicted molar refractivity (Wildman–Crippen MR) is 126 cm³/mol. The van der Waals surface area contributed by atoms with Crippen molar-refractivity contribution < 1.29 is 17.9 Å². The molecule has 1 heterocycles. The van der Waals surface area contributed by atoms with Gasteiger partial charge in [-0.15, -0.1) is 0 Å². The second kappa shape index (κ2) is 9.29. The zero-order valence-electron chi connectivity index (χ0n) is 18.2. The average molecular weight is 480 g/mol. The van der Waals surface area contributed by atoms with E-state index in [1.54, 1.807) is 0 Å². The molecule has 1 aromatic rings. The summed E-state index contributed by atoms with van der Waals surface area (Å²) in [5.41, 5.74) is 5.95. The smallest absolute Gasteiger partial charge is 0.246 e. The number of piperidine rings is 1. The van der Waals surface area contributed by atoms with E-state index in [4.69, 9.17) is 22.1 Å². The molecule has 1 aliphatic carbocycles. The number of ether oxygens (including phenoxy) is 1. The molecule has 2 fully saturated rings. The third-order valence-corrected chi connectivity index (χ3v) is 9.36. The zero-order valence-corrected chi connectivity index (χ0v) is 19.8. The Morgan fingerprint density at radius 3 is 2.53 bits per heavy atom. The van der Waals surface area contributed by atoms with Gasteiger partial charge in [0.15, 0.2) is 14.6 Å². The lowest BCUT2D eigenvalue weighted by Crippen LogP contribution is -2.52. The van der Waals surface area contributed by atoms with Crippen molar-refractivity contribution in [3.8, 4) is 5.75 Å². The number of halogens is 1. The van der Waals surface area contributed by atoms with Crippen molar-refractivity contribution in [2.24, 2.45) is 11.1 Å². The van der Waals surface area contributed by atoms with E-state index >= 15 is 0 Å². The third kappa shape index (κ3) is 4.31. The highest BCUT2D eigenvalue weighted by molar-refractivity contribution is 7.93. The quantitative estimate of drug-likeness (QED) is 0.518. The fourth-order valence-electron chi connectivity index (χ4n) is 4.80. The Morgan fingerprint density at radius 1 is 1.28 bits per heavy atom. The van der Waals surface area contributed by atoms with Crippen LogP contribution in [0.1, 0.15) is 32.1 Å². The Hall–Kier alpha value is -2.29. The van der Waals surface area contributed by atoms with E-state index in [1.165, 1.54) is 37.5 Å². The molecule has 1 saturated heterocycles. The monoisotopic (exact) mass is 479 g/mol. The summed E-state index contributed by atoms with van der Waals surface area (Å²) in [6, 6.07) is 4.28. The molecular weight excluding hydrogens is 450 g/mol. The van der Waals surface area contributed by atoms with Gasteiger partial charge < -0.3 is 21.1 Å². The van der Waals surface area contributed by atoms with Crippen molar-refractivity contribution in [1.82, 2.24) is 10.6 Å². The molecule has 1 spiro atoms. The van der Waals surface area contributed by atoms with Crippen LogP contribution in [0.15, 0.2) is 59.8 Å². The summed E-state index contributed by atoms with van der Waals surface area (Å²) in [6.45, 7) is 8.89. The fourth-order valence-corrected chi connectivity index (χ4v) is 7.26. The molecule has 1 saturated carbocycles. The number of nitrogens with two attached hydrogens (primary N) is 1. The van der Waals surface area contributed by atoms with Gasteiger partial charge in [0.2, 0.25) is 5.91 Å². The lowest BCUT2D eigenvalue weighted by Gasteiger charge is -2.36. The summed E-state index contributed by atoms with van der Waals surface area (Å²) in [6.07, 6.45) is 5.69. The van der Waals surface area contributed by atoms with Gasteiger partial charge >= 0.3 is 0 Å². The number of sulfone groups is 1. The minimum atomic E-state index is -4.10. The van der Waals surface area contributed by atoms with Crippen LogP contribution in [0.5, 0.6) is 5.75 Å². The molecular formula is C23H30ClN3O4S. The molecule has 0 bridgehead atoms. The van der Waals surface area contributed by atoms with E-state index in [9.17, 15) is 13.2 Å².